The van der Waals surface area contributed by atoms with Gasteiger partial charge in [-0.15, -0.1) is 24.0 Å². The maximum Gasteiger partial charge on any atom is 0.220 e. The van der Waals surface area contributed by atoms with Gasteiger partial charge in [0.05, 0.1) is 25.5 Å². The molecule has 172 valence electrons. The van der Waals surface area contributed by atoms with E-state index in [9.17, 15) is 8.42 Å². The van der Waals surface area contributed by atoms with Crippen molar-refractivity contribution in [2.24, 2.45) is 4.99 Å². The number of benzene rings is 1. The number of sulfonamides is 1. The van der Waals surface area contributed by atoms with E-state index in [0.717, 1.165) is 18.1 Å². The van der Waals surface area contributed by atoms with E-state index < -0.39 is 10.0 Å². The molecular formula is C20H30IN5O4S. The molecule has 0 amide bonds. The van der Waals surface area contributed by atoms with Crippen molar-refractivity contribution < 1.29 is 17.7 Å². The zero-order valence-corrected chi connectivity index (χ0v) is 20.8. The quantitative estimate of drug-likeness (QED) is 0.216. The Bertz CT molecular complexity index is 886. The zero-order valence-electron chi connectivity index (χ0n) is 17.6. The van der Waals surface area contributed by atoms with Crippen molar-refractivity contribution in [3.05, 3.63) is 53.9 Å². The third kappa shape index (κ3) is 8.05. The van der Waals surface area contributed by atoms with Gasteiger partial charge in [0.2, 0.25) is 10.0 Å². The first-order chi connectivity index (χ1) is 14.6. The summed E-state index contributed by atoms with van der Waals surface area (Å²) in [5, 5.41) is 6.98. The van der Waals surface area contributed by atoms with Gasteiger partial charge in [-0.25, -0.2) is 8.42 Å². The van der Waals surface area contributed by atoms with Gasteiger partial charge in [0.1, 0.15) is 12.0 Å². The van der Waals surface area contributed by atoms with E-state index in [1.165, 1.54) is 10.6 Å². The van der Waals surface area contributed by atoms with Crippen LogP contribution < -0.4 is 5.32 Å². The first-order valence-electron chi connectivity index (χ1n) is 10.1. The van der Waals surface area contributed by atoms with Crippen molar-refractivity contribution >= 4 is 40.0 Å². The van der Waals surface area contributed by atoms with Crippen molar-refractivity contribution in [1.82, 2.24) is 19.7 Å². The second-order valence-electron chi connectivity index (χ2n) is 6.91. The number of nitrogens with zero attached hydrogens (tertiary/aromatic N) is 4. The molecule has 0 spiro atoms. The average molecular weight is 563 g/mol. The molecule has 9 nitrogen and oxygen atoms in total. The molecule has 0 radical (unpaired) electrons. The van der Waals surface area contributed by atoms with Gasteiger partial charge in [0, 0.05) is 38.8 Å². The van der Waals surface area contributed by atoms with E-state index in [0.29, 0.717) is 51.6 Å². The summed E-state index contributed by atoms with van der Waals surface area (Å²) in [4.78, 5) is 6.72. The second-order valence-corrected chi connectivity index (χ2v) is 8.88. The Morgan fingerprint density at radius 3 is 2.58 bits per heavy atom. The SMILES string of the molecule is CCNC(=NCCOCc1ccccc1)N1CCN(S(=O)(=O)Cc2ccon2)CC1.I. The number of halogens is 1. The minimum atomic E-state index is -3.41. The van der Waals surface area contributed by atoms with Gasteiger partial charge < -0.3 is 19.5 Å². The molecule has 0 bridgehead atoms. The third-order valence-electron chi connectivity index (χ3n) is 4.70. The van der Waals surface area contributed by atoms with Gasteiger partial charge >= 0.3 is 0 Å². The van der Waals surface area contributed by atoms with Crippen LogP contribution >= 0.6 is 24.0 Å². The maximum absolute atomic E-state index is 12.6. The number of aromatic nitrogens is 1. The Morgan fingerprint density at radius 2 is 1.94 bits per heavy atom. The second kappa shape index (κ2) is 13.0. The highest BCUT2D eigenvalue weighted by Crippen LogP contribution is 2.13. The molecule has 11 heteroatoms. The Kier molecular flexibility index (Phi) is 10.7. The molecule has 0 atom stereocenters. The van der Waals surface area contributed by atoms with Crippen molar-refractivity contribution in [2.45, 2.75) is 19.3 Å². The molecule has 31 heavy (non-hydrogen) atoms. The highest BCUT2D eigenvalue weighted by atomic mass is 127. The standard InChI is InChI=1S/C20H29N5O4S.HI/c1-2-21-20(22-9-15-28-16-18-6-4-3-5-7-18)24-10-12-25(13-11-24)30(26,27)17-19-8-14-29-23-19;/h3-8,14H,2,9-13,15-17H2,1H3,(H,21,22);1H. The lowest BCUT2D eigenvalue weighted by molar-refractivity contribution is 0.128. The normalized spacial score (nSPS) is 15.5. The molecule has 2 aromatic rings. The fraction of sp³-hybridized carbons (Fsp3) is 0.500. The Balaban J connectivity index is 0.00000341. The summed E-state index contributed by atoms with van der Waals surface area (Å²) in [7, 11) is -3.41. The van der Waals surface area contributed by atoms with Crippen molar-refractivity contribution in [2.75, 3.05) is 45.9 Å². The topological polar surface area (TPSA) is 100 Å². The molecule has 1 aliphatic rings. The first kappa shape index (κ1) is 25.6. The lowest BCUT2D eigenvalue weighted by atomic mass is 10.2. The van der Waals surface area contributed by atoms with Crippen LogP contribution in [0.5, 0.6) is 0 Å². The number of hydrogen-bond donors (Lipinski definition) is 1. The van der Waals surface area contributed by atoms with E-state index >= 15 is 0 Å². The molecule has 1 saturated heterocycles. The van der Waals surface area contributed by atoms with Crippen LogP contribution in [-0.2, 0) is 27.1 Å². The lowest BCUT2D eigenvalue weighted by Gasteiger charge is -2.35. The van der Waals surface area contributed by atoms with Crippen LogP contribution in [0, 0.1) is 0 Å². The molecule has 1 aromatic carbocycles. The van der Waals surface area contributed by atoms with Gasteiger partial charge in [-0.2, -0.15) is 4.31 Å². The van der Waals surface area contributed by atoms with E-state index in [2.05, 4.69) is 20.4 Å². The monoisotopic (exact) mass is 563 g/mol. The molecule has 1 aliphatic heterocycles. The maximum atomic E-state index is 12.6. The van der Waals surface area contributed by atoms with Crippen LogP contribution in [0.3, 0.4) is 0 Å². The number of nitrogens with one attached hydrogen (secondary N) is 1. The largest absolute Gasteiger partial charge is 0.375 e. The smallest absolute Gasteiger partial charge is 0.220 e. The van der Waals surface area contributed by atoms with Crippen molar-refractivity contribution in [3.8, 4) is 0 Å². The number of aliphatic imine (C=N–C) groups is 1. The minimum Gasteiger partial charge on any atom is -0.375 e. The van der Waals surface area contributed by atoms with Crippen molar-refractivity contribution in [3.63, 3.8) is 0 Å². The van der Waals surface area contributed by atoms with Gasteiger partial charge in [-0.1, -0.05) is 35.5 Å². The number of piperazine rings is 1. The summed E-state index contributed by atoms with van der Waals surface area (Å²) in [5.41, 5.74) is 1.55. The van der Waals surface area contributed by atoms with Crippen LogP contribution in [0.25, 0.3) is 0 Å². The van der Waals surface area contributed by atoms with E-state index in [-0.39, 0.29) is 29.7 Å². The molecule has 0 saturated carbocycles. The van der Waals surface area contributed by atoms with Gasteiger partial charge in [-0.05, 0) is 12.5 Å². The summed E-state index contributed by atoms with van der Waals surface area (Å²) in [6.45, 7) is 6.37. The van der Waals surface area contributed by atoms with Gasteiger partial charge in [0.15, 0.2) is 5.96 Å². The van der Waals surface area contributed by atoms with Crippen LogP contribution in [0.15, 0.2) is 52.2 Å². The van der Waals surface area contributed by atoms with Crippen molar-refractivity contribution in [1.29, 1.82) is 0 Å². The molecule has 1 aromatic heterocycles. The van der Waals surface area contributed by atoms with Crippen LogP contribution in [0.4, 0.5) is 0 Å². The minimum absolute atomic E-state index is 0. The summed E-state index contributed by atoms with van der Waals surface area (Å²) < 4.78 is 37.1. The molecular weight excluding hydrogens is 533 g/mol. The summed E-state index contributed by atoms with van der Waals surface area (Å²) in [5.74, 6) is 0.644. The molecule has 0 aliphatic carbocycles. The highest BCUT2D eigenvalue weighted by molar-refractivity contribution is 14.0. The molecule has 3 rings (SSSR count). The highest BCUT2D eigenvalue weighted by Gasteiger charge is 2.28. The van der Waals surface area contributed by atoms with Crippen LogP contribution in [0.1, 0.15) is 18.2 Å². The number of guanidine groups is 1. The average Bonchev–Trinajstić information content (AvgIpc) is 3.26. The molecule has 0 unspecified atom stereocenters. The Morgan fingerprint density at radius 1 is 1.19 bits per heavy atom. The molecule has 1 N–H and O–H groups in total. The first-order valence-corrected chi connectivity index (χ1v) is 11.7. The predicted molar refractivity (Wildman–Crippen MR) is 130 cm³/mol. The molecule has 2 heterocycles. The van der Waals surface area contributed by atoms with Gasteiger partial charge in [-0.3, -0.25) is 4.99 Å². The van der Waals surface area contributed by atoms with Crippen LogP contribution in [-0.4, -0.2) is 74.6 Å². The number of ether oxygens (including phenoxy) is 1. The predicted octanol–water partition coefficient (Wildman–Crippen LogP) is 1.92. The number of hydrogen-bond acceptors (Lipinski definition) is 6. The van der Waals surface area contributed by atoms with E-state index in [1.54, 1.807) is 6.07 Å². The molecule has 1 fully saturated rings. The Labute approximate surface area is 200 Å². The Hall–Kier alpha value is -1.70. The summed E-state index contributed by atoms with van der Waals surface area (Å²) in [6.07, 6.45) is 1.38. The van der Waals surface area contributed by atoms with E-state index in [4.69, 9.17) is 9.26 Å². The third-order valence-corrected chi connectivity index (χ3v) is 6.51. The van der Waals surface area contributed by atoms with Crippen LogP contribution in [0.2, 0.25) is 0 Å². The zero-order chi connectivity index (χ0) is 21.2. The summed E-state index contributed by atoms with van der Waals surface area (Å²) in [6, 6.07) is 11.6. The summed E-state index contributed by atoms with van der Waals surface area (Å²) >= 11 is 0. The fourth-order valence-electron chi connectivity index (χ4n) is 3.17. The lowest BCUT2D eigenvalue weighted by Crippen LogP contribution is -2.54. The number of rotatable bonds is 9. The van der Waals surface area contributed by atoms with E-state index in [1.807, 2.05) is 37.3 Å². The fourth-order valence-corrected chi connectivity index (χ4v) is 4.60. The van der Waals surface area contributed by atoms with Gasteiger partial charge in [0.25, 0.3) is 0 Å².